The second-order valence-electron chi connectivity index (χ2n) is 7.10. The number of ether oxygens (including phenoxy) is 1. The second kappa shape index (κ2) is 6.83. The van der Waals surface area contributed by atoms with Crippen LogP contribution in [0.4, 0.5) is 4.79 Å². The molecule has 0 aliphatic heterocycles. The first-order chi connectivity index (χ1) is 12.6. The van der Waals surface area contributed by atoms with Gasteiger partial charge in [0.25, 0.3) is 0 Å². The summed E-state index contributed by atoms with van der Waals surface area (Å²) >= 11 is 0. The van der Waals surface area contributed by atoms with Crippen LogP contribution in [0.15, 0.2) is 48.5 Å². The van der Waals surface area contributed by atoms with Crippen LogP contribution in [0, 0.1) is 5.92 Å². The largest absolute Gasteiger partial charge is 0.481 e. The highest BCUT2D eigenvalue weighted by Crippen LogP contribution is 2.44. The van der Waals surface area contributed by atoms with E-state index in [0.717, 1.165) is 0 Å². The lowest BCUT2D eigenvalue weighted by Gasteiger charge is -2.34. The van der Waals surface area contributed by atoms with Gasteiger partial charge in [0.15, 0.2) is 0 Å². The molecule has 0 aromatic heterocycles. The van der Waals surface area contributed by atoms with E-state index < -0.39 is 12.1 Å². The Hall–Kier alpha value is -2.82. The first-order valence-electron chi connectivity index (χ1n) is 8.95. The predicted molar refractivity (Wildman–Crippen MR) is 97.0 cm³/mol. The molecule has 0 spiro atoms. The van der Waals surface area contributed by atoms with Gasteiger partial charge < -0.3 is 15.2 Å². The summed E-state index contributed by atoms with van der Waals surface area (Å²) in [7, 11) is 0. The average Bonchev–Trinajstić information content (AvgIpc) is 2.92. The molecule has 5 heteroatoms. The van der Waals surface area contributed by atoms with Crippen LogP contribution >= 0.6 is 0 Å². The van der Waals surface area contributed by atoms with Gasteiger partial charge in [-0.1, -0.05) is 48.5 Å². The van der Waals surface area contributed by atoms with Gasteiger partial charge in [0.05, 0.1) is 0 Å². The Bertz CT molecular complexity index is 796. The highest BCUT2D eigenvalue weighted by Gasteiger charge is 2.33. The van der Waals surface area contributed by atoms with Crippen LogP contribution in [0.3, 0.4) is 0 Å². The highest BCUT2D eigenvalue weighted by molar-refractivity contribution is 5.79. The molecule has 2 aromatic rings. The monoisotopic (exact) mass is 351 g/mol. The van der Waals surface area contributed by atoms with Crippen molar-refractivity contribution in [2.75, 3.05) is 6.61 Å². The lowest BCUT2D eigenvalue weighted by Crippen LogP contribution is -2.45. The minimum absolute atomic E-state index is 0.0231. The summed E-state index contributed by atoms with van der Waals surface area (Å²) in [5.74, 6) is -0.574. The van der Waals surface area contributed by atoms with Gasteiger partial charge in [-0.25, -0.2) is 4.79 Å². The Morgan fingerprint density at radius 3 is 2.15 bits per heavy atom. The van der Waals surface area contributed by atoms with Gasteiger partial charge in [-0.2, -0.15) is 0 Å². The number of carboxylic acids is 1. The minimum atomic E-state index is -0.783. The fourth-order valence-electron chi connectivity index (χ4n) is 4.07. The fourth-order valence-corrected chi connectivity index (χ4v) is 4.07. The summed E-state index contributed by atoms with van der Waals surface area (Å²) in [6, 6.07) is 16.5. The molecule has 0 atom stereocenters. The molecule has 4 rings (SSSR count). The number of nitrogens with one attached hydrogen (secondary N) is 1. The van der Waals surface area contributed by atoms with Crippen molar-refractivity contribution in [3.63, 3.8) is 0 Å². The Labute approximate surface area is 152 Å². The van der Waals surface area contributed by atoms with Crippen molar-refractivity contribution in [3.8, 4) is 11.1 Å². The van der Waals surface area contributed by atoms with Gasteiger partial charge in [0, 0.05) is 18.4 Å². The third-order valence-electron chi connectivity index (χ3n) is 5.36. The molecule has 1 saturated carbocycles. The summed E-state index contributed by atoms with van der Waals surface area (Å²) in [5.41, 5.74) is 4.78. The predicted octanol–water partition coefficient (Wildman–Crippen LogP) is 3.78. The molecule has 0 radical (unpaired) electrons. The summed E-state index contributed by atoms with van der Waals surface area (Å²) in [5, 5.41) is 11.6. The van der Waals surface area contributed by atoms with Crippen LogP contribution in [0.1, 0.15) is 36.3 Å². The molecule has 1 amide bonds. The second-order valence-corrected chi connectivity index (χ2v) is 7.10. The van der Waals surface area contributed by atoms with E-state index in [1.54, 1.807) is 0 Å². The number of hydrogen-bond acceptors (Lipinski definition) is 3. The normalized spacial score (nSPS) is 20.6. The topological polar surface area (TPSA) is 75.6 Å². The number of rotatable bonds is 5. The van der Waals surface area contributed by atoms with Crippen molar-refractivity contribution in [2.45, 2.75) is 31.2 Å². The quantitative estimate of drug-likeness (QED) is 0.860. The maximum atomic E-state index is 12.1. The van der Waals surface area contributed by atoms with Crippen LogP contribution in [0.2, 0.25) is 0 Å². The zero-order valence-corrected chi connectivity index (χ0v) is 14.4. The summed E-state index contributed by atoms with van der Waals surface area (Å²) in [6.07, 6.45) is 1.15. The standard InChI is InChI=1S/C21H21NO4/c23-20(24)11-13-9-14(10-13)22-21(25)26-12-19-17-7-3-1-5-15(17)16-6-2-4-8-18(16)19/h1-8,13-14,19H,9-12H2,(H,22,25)(H,23,24). The van der Waals surface area contributed by atoms with E-state index >= 15 is 0 Å². The van der Waals surface area contributed by atoms with Crippen molar-refractivity contribution < 1.29 is 19.4 Å². The Morgan fingerprint density at radius 1 is 1.00 bits per heavy atom. The number of fused-ring (bicyclic) bond motifs is 3. The molecule has 2 aromatic carbocycles. The molecule has 5 nitrogen and oxygen atoms in total. The van der Waals surface area contributed by atoms with Crippen LogP contribution < -0.4 is 5.32 Å². The van der Waals surface area contributed by atoms with E-state index in [1.165, 1.54) is 22.3 Å². The van der Waals surface area contributed by atoms with E-state index in [-0.39, 0.29) is 24.3 Å². The molecule has 0 heterocycles. The zero-order chi connectivity index (χ0) is 18.1. The average molecular weight is 351 g/mol. The maximum Gasteiger partial charge on any atom is 0.407 e. The molecule has 1 fully saturated rings. The van der Waals surface area contributed by atoms with E-state index in [2.05, 4.69) is 29.6 Å². The van der Waals surface area contributed by atoms with Gasteiger partial charge in [-0.3, -0.25) is 4.79 Å². The third kappa shape index (κ3) is 3.17. The summed E-state index contributed by atoms with van der Waals surface area (Å²) < 4.78 is 5.50. The molecule has 26 heavy (non-hydrogen) atoms. The zero-order valence-electron chi connectivity index (χ0n) is 14.4. The number of carbonyl (C=O) groups is 2. The van der Waals surface area contributed by atoms with Crippen LogP contribution in [0.5, 0.6) is 0 Å². The highest BCUT2D eigenvalue weighted by atomic mass is 16.5. The molecule has 134 valence electrons. The van der Waals surface area contributed by atoms with Gasteiger partial charge in [0.1, 0.15) is 6.61 Å². The van der Waals surface area contributed by atoms with E-state index in [1.807, 2.05) is 24.3 Å². The number of carboxylic acid groups (broad SMARTS) is 1. The summed E-state index contributed by atoms with van der Waals surface area (Å²) in [6.45, 7) is 0.297. The lowest BCUT2D eigenvalue weighted by molar-refractivity contribution is -0.138. The number of aliphatic carboxylic acids is 1. The van der Waals surface area contributed by atoms with Gasteiger partial charge in [-0.05, 0) is 41.0 Å². The van der Waals surface area contributed by atoms with Gasteiger partial charge >= 0.3 is 12.1 Å². The number of benzene rings is 2. The van der Waals surface area contributed by atoms with E-state index in [4.69, 9.17) is 9.84 Å². The molecular weight excluding hydrogens is 330 g/mol. The molecule has 0 saturated heterocycles. The first kappa shape index (κ1) is 16.6. The minimum Gasteiger partial charge on any atom is -0.481 e. The number of hydrogen-bond donors (Lipinski definition) is 2. The lowest BCUT2D eigenvalue weighted by atomic mass is 9.78. The maximum absolute atomic E-state index is 12.1. The van der Waals surface area contributed by atoms with E-state index in [0.29, 0.717) is 19.4 Å². The van der Waals surface area contributed by atoms with Gasteiger partial charge in [0.2, 0.25) is 0 Å². The van der Waals surface area contributed by atoms with Crippen molar-refractivity contribution in [3.05, 3.63) is 59.7 Å². The van der Waals surface area contributed by atoms with Gasteiger partial charge in [-0.15, -0.1) is 0 Å². The number of carbonyl (C=O) groups excluding carboxylic acids is 1. The fraction of sp³-hybridized carbons (Fsp3) is 0.333. The Morgan fingerprint density at radius 2 is 1.58 bits per heavy atom. The third-order valence-corrected chi connectivity index (χ3v) is 5.36. The summed E-state index contributed by atoms with van der Waals surface area (Å²) in [4.78, 5) is 22.8. The van der Waals surface area contributed by atoms with Crippen LogP contribution in [-0.2, 0) is 9.53 Å². The first-order valence-corrected chi connectivity index (χ1v) is 8.95. The molecule has 0 bridgehead atoms. The smallest absolute Gasteiger partial charge is 0.407 e. The van der Waals surface area contributed by atoms with E-state index in [9.17, 15) is 9.59 Å². The Kier molecular flexibility index (Phi) is 4.37. The molecule has 2 aliphatic rings. The van der Waals surface area contributed by atoms with Crippen LogP contribution in [0.25, 0.3) is 11.1 Å². The Balaban J connectivity index is 1.35. The molecular formula is C21H21NO4. The molecule has 0 unspecified atom stereocenters. The molecule has 2 aliphatic carbocycles. The SMILES string of the molecule is O=C(O)CC1CC(NC(=O)OCC2c3ccccc3-c3ccccc32)C1. The van der Waals surface area contributed by atoms with Crippen molar-refractivity contribution in [2.24, 2.45) is 5.92 Å². The van der Waals surface area contributed by atoms with Crippen molar-refractivity contribution in [1.29, 1.82) is 0 Å². The number of alkyl carbamates (subject to hydrolysis) is 1. The van der Waals surface area contributed by atoms with Crippen molar-refractivity contribution in [1.82, 2.24) is 5.32 Å². The van der Waals surface area contributed by atoms with Crippen molar-refractivity contribution >= 4 is 12.1 Å². The van der Waals surface area contributed by atoms with Crippen LogP contribution in [-0.4, -0.2) is 29.8 Å². The molecule has 2 N–H and O–H groups in total. The number of amides is 1.